The minimum atomic E-state index is -3.72. The molecule has 42 heavy (non-hydrogen) atoms. The Morgan fingerprint density at radius 1 is 0.976 bits per heavy atom. The van der Waals surface area contributed by atoms with E-state index < -0.39 is 22.0 Å². The zero-order chi connectivity index (χ0) is 30.1. The molecule has 1 aromatic carbocycles. The summed E-state index contributed by atoms with van der Waals surface area (Å²) in [5.74, 6) is 5.59. The Kier molecular flexibility index (Phi) is 9.37. The normalized spacial score (nSPS) is 34.9. The van der Waals surface area contributed by atoms with Crippen molar-refractivity contribution in [1.29, 1.82) is 0 Å². The van der Waals surface area contributed by atoms with Crippen molar-refractivity contribution in [2.75, 3.05) is 10.6 Å². The van der Waals surface area contributed by atoms with E-state index >= 15 is 0 Å². The largest absolute Gasteiger partial charge is 0.415 e. The number of fused-ring (bicyclic) bond motifs is 5. The highest BCUT2D eigenvalue weighted by atomic mass is 32.2. The summed E-state index contributed by atoms with van der Waals surface area (Å²) in [6.07, 6.45) is 15.2. The SMILES string of the molecule is CC(C)CCC[C@@H](C)[C@H]1CCC2C3CCC4CC(OC(=O)NCS(=O)(=O)Nc5ccccc5)=CC[C@]4(C)C3CC[C@@]21C. The molecule has 0 radical (unpaired) electrons. The van der Waals surface area contributed by atoms with E-state index in [0.717, 1.165) is 48.3 Å². The van der Waals surface area contributed by atoms with Gasteiger partial charge in [-0.05, 0) is 115 Å². The summed E-state index contributed by atoms with van der Waals surface area (Å²) in [6.45, 7) is 12.4. The van der Waals surface area contributed by atoms with Crippen molar-refractivity contribution < 1.29 is 17.9 Å². The molecule has 7 heteroatoms. The third-order valence-corrected chi connectivity index (χ3v) is 13.2. The molecule has 234 valence electrons. The van der Waals surface area contributed by atoms with Crippen LogP contribution in [-0.2, 0) is 14.8 Å². The molecule has 0 heterocycles. The van der Waals surface area contributed by atoms with Crippen molar-refractivity contribution in [3.63, 3.8) is 0 Å². The molecule has 0 saturated heterocycles. The Hall–Kier alpha value is -2.02. The van der Waals surface area contributed by atoms with E-state index in [-0.39, 0.29) is 5.41 Å². The van der Waals surface area contributed by atoms with Crippen molar-refractivity contribution >= 4 is 21.8 Å². The van der Waals surface area contributed by atoms with E-state index in [4.69, 9.17) is 4.74 Å². The Morgan fingerprint density at radius 3 is 2.45 bits per heavy atom. The number of benzene rings is 1. The van der Waals surface area contributed by atoms with Gasteiger partial charge in [0.15, 0.2) is 0 Å². The van der Waals surface area contributed by atoms with Gasteiger partial charge >= 0.3 is 6.09 Å². The highest BCUT2D eigenvalue weighted by molar-refractivity contribution is 7.92. The molecule has 5 rings (SSSR count). The molecule has 1 aromatic rings. The number of alkyl carbamates (subject to hydrolysis) is 1. The summed E-state index contributed by atoms with van der Waals surface area (Å²) in [6, 6.07) is 8.66. The maximum absolute atomic E-state index is 12.6. The Balaban J connectivity index is 1.16. The van der Waals surface area contributed by atoms with Gasteiger partial charge in [-0.3, -0.25) is 4.72 Å². The van der Waals surface area contributed by atoms with Crippen LogP contribution in [0.3, 0.4) is 0 Å². The van der Waals surface area contributed by atoms with Crippen LogP contribution < -0.4 is 10.0 Å². The number of nitrogens with one attached hydrogen (secondary N) is 2. The summed E-state index contributed by atoms with van der Waals surface area (Å²) in [5, 5.41) is 2.43. The second-order valence-corrected chi connectivity index (χ2v) is 16.8. The van der Waals surface area contributed by atoms with E-state index in [9.17, 15) is 13.2 Å². The fraction of sp³-hybridized carbons (Fsp3) is 0.743. The third kappa shape index (κ3) is 6.56. The maximum atomic E-state index is 12.6. The average molecular weight is 599 g/mol. The van der Waals surface area contributed by atoms with Crippen LogP contribution in [0.1, 0.15) is 105 Å². The number of carbonyl (C=O) groups excluding carboxylic acids is 1. The van der Waals surface area contributed by atoms with Crippen LogP contribution in [0.25, 0.3) is 0 Å². The quantitative estimate of drug-likeness (QED) is 0.282. The van der Waals surface area contributed by atoms with Gasteiger partial charge in [0.25, 0.3) is 10.0 Å². The average Bonchev–Trinajstić information content (AvgIpc) is 3.29. The lowest BCUT2D eigenvalue weighted by atomic mass is 9.45. The molecule has 6 nitrogen and oxygen atoms in total. The number of para-hydroxylation sites is 1. The summed E-state index contributed by atoms with van der Waals surface area (Å²) < 4.78 is 32.9. The van der Waals surface area contributed by atoms with E-state index in [2.05, 4.69) is 50.7 Å². The highest BCUT2D eigenvalue weighted by Crippen LogP contribution is 2.68. The molecule has 4 aliphatic carbocycles. The molecule has 0 spiro atoms. The first-order chi connectivity index (χ1) is 19.9. The molecular formula is C35H54N2O4S. The number of ether oxygens (including phenoxy) is 1. The summed E-state index contributed by atoms with van der Waals surface area (Å²) in [4.78, 5) is 12.6. The fourth-order valence-electron chi connectivity index (χ4n) is 9.99. The molecular weight excluding hydrogens is 544 g/mol. The smallest absolute Gasteiger partial charge is 0.413 e. The molecule has 0 aliphatic heterocycles. The van der Waals surface area contributed by atoms with Gasteiger partial charge in [0.1, 0.15) is 11.6 Å². The fourth-order valence-corrected chi connectivity index (χ4v) is 10.9. The molecule has 3 saturated carbocycles. The van der Waals surface area contributed by atoms with Gasteiger partial charge in [-0.15, -0.1) is 0 Å². The van der Waals surface area contributed by atoms with Gasteiger partial charge in [0.2, 0.25) is 0 Å². The van der Waals surface area contributed by atoms with E-state index in [0.29, 0.717) is 22.8 Å². The van der Waals surface area contributed by atoms with Crippen LogP contribution in [0.2, 0.25) is 0 Å². The van der Waals surface area contributed by atoms with Crippen LogP contribution in [0, 0.1) is 52.3 Å². The number of carbonyl (C=O) groups is 1. The molecule has 2 N–H and O–H groups in total. The molecule has 1 amide bonds. The lowest BCUT2D eigenvalue weighted by molar-refractivity contribution is -0.104. The number of sulfonamides is 1. The molecule has 4 unspecified atom stereocenters. The number of allylic oxidation sites excluding steroid dienone is 2. The summed E-state index contributed by atoms with van der Waals surface area (Å²) >= 11 is 0. The molecule has 4 aliphatic rings. The Labute approximate surface area is 254 Å². The van der Waals surface area contributed by atoms with Gasteiger partial charge in [0.05, 0.1) is 0 Å². The van der Waals surface area contributed by atoms with Crippen molar-refractivity contribution in [3.8, 4) is 0 Å². The second-order valence-electron chi connectivity index (χ2n) is 15.1. The maximum Gasteiger partial charge on any atom is 0.413 e. The first-order valence-corrected chi connectivity index (χ1v) is 18.3. The van der Waals surface area contributed by atoms with Crippen molar-refractivity contribution in [1.82, 2.24) is 5.32 Å². The van der Waals surface area contributed by atoms with Gasteiger partial charge in [-0.25, -0.2) is 13.2 Å². The van der Waals surface area contributed by atoms with Crippen molar-refractivity contribution in [3.05, 3.63) is 42.2 Å². The number of hydrogen-bond acceptors (Lipinski definition) is 4. The highest BCUT2D eigenvalue weighted by Gasteiger charge is 2.60. The number of rotatable bonds is 10. The molecule has 0 bridgehead atoms. The summed E-state index contributed by atoms with van der Waals surface area (Å²) in [5.41, 5.74) is 1.20. The monoisotopic (exact) mass is 598 g/mol. The number of anilines is 1. The lowest BCUT2D eigenvalue weighted by Gasteiger charge is -2.60. The van der Waals surface area contributed by atoms with Gasteiger partial charge in [0, 0.05) is 12.1 Å². The van der Waals surface area contributed by atoms with Crippen molar-refractivity contribution in [2.45, 2.75) is 105 Å². The van der Waals surface area contributed by atoms with E-state index in [1.165, 1.54) is 57.8 Å². The van der Waals surface area contributed by atoms with Crippen molar-refractivity contribution in [2.24, 2.45) is 52.3 Å². The van der Waals surface area contributed by atoms with Crippen LogP contribution in [0.4, 0.5) is 10.5 Å². The minimum absolute atomic E-state index is 0.248. The van der Waals surface area contributed by atoms with Crippen LogP contribution in [-0.4, -0.2) is 20.4 Å². The third-order valence-electron chi connectivity index (χ3n) is 12.2. The topological polar surface area (TPSA) is 84.5 Å². The van der Waals surface area contributed by atoms with E-state index in [1.807, 2.05) is 6.07 Å². The first kappa shape index (κ1) is 31.4. The minimum Gasteiger partial charge on any atom is -0.415 e. The van der Waals surface area contributed by atoms with Crippen LogP contribution in [0.5, 0.6) is 0 Å². The zero-order valence-corrected chi connectivity index (χ0v) is 27.3. The predicted molar refractivity (Wildman–Crippen MR) is 170 cm³/mol. The lowest BCUT2D eigenvalue weighted by Crippen LogP contribution is -2.53. The second kappa shape index (κ2) is 12.5. The molecule has 8 atom stereocenters. The predicted octanol–water partition coefficient (Wildman–Crippen LogP) is 8.73. The van der Waals surface area contributed by atoms with Crippen LogP contribution >= 0.6 is 0 Å². The Morgan fingerprint density at radius 2 is 1.71 bits per heavy atom. The summed E-state index contributed by atoms with van der Waals surface area (Å²) in [7, 11) is -3.72. The standard InChI is InChI=1S/C35H54N2O4S/c1-24(2)10-9-11-25(3)30-16-17-31-29-15-14-26-22-28(18-20-34(26,4)32(29)19-21-35(30,31)5)41-33(38)36-23-42(39,40)37-27-12-7-6-8-13-27/h6-8,12-13,18,24-26,29-32,37H,9-11,14-17,19-23H2,1-5H3,(H,36,38)/t25-,26?,29?,30-,31?,32?,34+,35-/m1/s1. The molecule has 3 fully saturated rings. The Bertz CT molecular complexity index is 1230. The van der Waals surface area contributed by atoms with Gasteiger partial charge in [-0.1, -0.05) is 72.1 Å². The first-order valence-electron chi connectivity index (χ1n) is 16.6. The number of amides is 1. The van der Waals surface area contributed by atoms with Gasteiger partial charge < -0.3 is 10.1 Å². The zero-order valence-electron chi connectivity index (χ0n) is 26.5. The van der Waals surface area contributed by atoms with E-state index in [1.54, 1.807) is 24.3 Å². The van der Waals surface area contributed by atoms with Gasteiger partial charge in [-0.2, -0.15) is 0 Å². The molecule has 0 aromatic heterocycles. The number of hydrogen-bond donors (Lipinski definition) is 2. The van der Waals surface area contributed by atoms with Crippen LogP contribution in [0.15, 0.2) is 42.2 Å².